The van der Waals surface area contributed by atoms with Crippen LogP contribution in [0.1, 0.15) is 33.4 Å². The molecule has 2 aliphatic rings. The lowest BCUT2D eigenvalue weighted by atomic mass is 9.86. The number of carbonyl (C=O) groups excluding carboxylic acids is 1. The molecule has 156 valence electrons. The van der Waals surface area contributed by atoms with Crippen LogP contribution in [-0.4, -0.2) is 53.0 Å². The van der Waals surface area contributed by atoms with Gasteiger partial charge in [-0.3, -0.25) is 23.6 Å². The van der Waals surface area contributed by atoms with Crippen molar-refractivity contribution < 1.29 is 4.79 Å². The molecule has 1 saturated heterocycles. The van der Waals surface area contributed by atoms with Crippen LogP contribution in [0.3, 0.4) is 0 Å². The third-order valence-corrected chi connectivity index (χ3v) is 6.70. The van der Waals surface area contributed by atoms with Crippen molar-refractivity contribution in [2.75, 3.05) is 13.1 Å². The fraction of sp³-hybridized carbons (Fsp3) is 0.474. The summed E-state index contributed by atoms with van der Waals surface area (Å²) in [6.45, 7) is 3.60. The van der Waals surface area contributed by atoms with E-state index < -0.39 is 11.1 Å². The second kappa shape index (κ2) is 6.73. The Balaban J connectivity index is 1.39. The second-order valence-electron chi connectivity index (χ2n) is 8.16. The van der Waals surface area contributed by atoms with Crippen molar-refractivity contribution in [2.45, 2.75) is 32.9 Å². The topological polar surface area (TPSA) is 108 Å². The van der Waals surface area contributed by atoms with E-state index in [0.717, 1.165) is 17.1 Å². The lowest BCUT2D eigenvalue weighted by molar-refractivity contribution is 0.0765. The molecule has 0 saturated carbocycles. The molecule has 1 fully saturated rings. The Bertz CT molecular complexity index is 1270. The molecular formula is C19H21N7O3S. The normalized spacial score (nSPS) is 20.3. The van der Waals surface area contributed by atoms with Gasteiger partial charge in [-0.1, -0.05) is 0 Å². The van der Waals surface area contributed by atoms with E-state index in [1.54, 1.807) is 28.9 Å². The van der Waals surface area contributed by atoms with Crippen molar-refractivity contribution >= 4 is 17.2 Å². The van der Waals surface area contributed by atoms with Crippen molar-refractivity contribution in [3.63, 3.8) is 0 Å². The zero-order valence-electron chi connectivity index (χ0n) is 16.7. The molecule has 30 heavy (non-hydrogen) atoms. The van der Waals surface area contributed by atoms with Crippen LogP contribution in [0.2, 0.25) is 0 Å². The third kappa shape index (κ3) is 3.09. The van der Waals surface area contributed by atoms with E-state index in [1.165, 1.54) is 20.6 Å². The van der Waals surface area contributed by atoms with Gasteiger partial charge in [0.15, 0.2) is 0 Å². The van der Waals surface area contributed by atoms with Crippen LogP contribution >= 0.6 is 11.3 Å². The van der Waals surface area contributed by atoms with Gasteiger partial charge in [-0.25, -0.2) is 9.67 Å². The first kappa shape index (κ1) is 18.9. The van der Waals surface area contributed by atoms with Gasteiger partial charge in [0.1, 0.15) is 11.5 Å². The highest BCUT2D eigenvalue weighted by atomic mass is 32.1. The van der Waals surface area contributed by atoms with E-state index in [1.807, 2.05) is 12.3 Å². The number of carbonyl (C=O) groups is 1. The van der Waals surface area contributed by atoms with Crippen LogP contribution in [0.4, 0.5) is 0 Å². The quantitative estimate of drug-likeness (QED) is 0.546. The molecular weight excluding hydrogens is 406 g/mol. The van der Waals surface area contributed by atoms with E-state index in [2.05, 4.69) is 15.2 Å². The van der Waals surface area contributed by atoms with Gasteiger partial charge >= 0.3 is 11.1 Å². The predicted molar refractivity (Wildman–Crippen MR) is 109 cm³/mol. The van der Waals surface area contributed by atoms with E-state index in [0.29, 0.717) is 37.6 Å². The van der Waals surface area contributed by atoms with E-state index >= 15 is 0 Å². The summed E-state index contributed by atoms with van der Waals surface area (Å²) in [5.41, 5.74) is -0.332. The minimum Gasteiger partial charge on any atom is -0.337 e. The number of nitrogens with zero attached hydrogens (tertiary/aromatic N) is 7. The second-order valence-corrected chi connectivity index (χ2v) is 9.22. The molecule has 5 rings (SSSR count). The molecule has 1 atom stereocenters. The molecule has 0 aliphatic carbocycles. The Morgan fingerprint density at radius 2 is 2.07 bits per heavy atom. The number of rotatable bonds is 3. The molecule has 3 aromatic heterocycles. The van der Waals surface area contributed by atoms with Crippen LogP contribution in [0, 0.1) is 12.3 Å². The highest BCUT2D eigenvalue weighted by Crippen LogP contribution is 2.39. The molecule has 1 unspecified atom stereocenters. The highest BCUT2D eigenvalue weighted by Gasteiger charge is 2.46. The Labute approximate surface area is 175 Å². The van der Waals surface area contributed by atoms with Crippen molar-refractivity contribution in [2.24, 2.45) is 12.5 Å². The summed E-state index contributed by atoms with van der Waals surface area (Å²) in [7, 11) is 1.77. The van der Waals surface area contributed by atoms with Crippen molar-refractivity contribution in [3.05, 3.63) is 60.6 Å². The molecule has 1 spiro atoms. The maximum Gasteiger partial charge on any atom is 0.332 e. The van der Waals surface area contributed by atoms with Crippen LogP contribution in [0.15, 0.2) is 27.2 Å². The highest BCUT2D eigenvalue weighted by molar-refractivity contribution is 7.09. The van der Waals surface area contributed by atoms with E-state index in [-0.39, 0.29) is 17.9 Å². The minimum absolute atomic E-state index is 0.109. The first-order valence-corrected chi connectivity index (χ1v) is 10.6. The molecule has 0 bridgehead atoms. The number of hydrogen-bond donors (Lipinski definition) is 0. The van der Waals surface area contributed by atoms with E-state index in [4.69, 9.17) is 0 Å². The fourth-order valence-corrected chi connectivity index (χ4v) is 5.02. The van der Waals surface area contributed by atoms with Crippen molar-refractivity contribution in [3.8, 4) is 0 Å². The standard InChI is InChI=1S/C19H21N7O3S/c1-12-20-13(9-30-12)8-26-18(29)17(28)25-11-19(7-15(25)22-26)4-6-24(10-19)16(27)14-3-5-23(2)21-14/h3,5,9H,4,6-8,10-11H2,1-2H3. The van der Waals surface area contributed by atoms with Gasteiger partial charge in [0.05, 0.1) is 17.2 Å². The van der Waals surface area contributed by atoms with Gasteiger partial charge in [-0.05, 0) is 19.4 Å². The number of hydrogen-bond acceptors (Lipinski definition) is 7. The molecule has 11 heteroatoms. The van der Waals surface area contributed by atoms with Gasteiger partial charge < -0.3 is 4.90 Å². The fourth-order valence-electron chi connectivity index (χ4n) is 4.42. The Morgan fingerprint density at radius 3 is 2.77 bits per heavy atom. The van der Waals surface area contributed by atoms with Crippen LogP contribution < -0.4 is 11.1 Å². The molecule has 3 aromatic rings. The summed E-state index contributed by atoms with van der Waals surface area (Å²) in [4.78, 5) is 44.2. The van der Waals surface area contributed by atoms with Gasteiger partial charge in [-0.2, -0.15) is 10.2 Å². The minimum atomic E-state index is -0.638. The van der Waals surface area contributed by atoms with Gasteiger partial charge in [-0.15, -0.1) is 11.3 Å². The summed E-state index contributed by atoms with van der Waals surface area (Å²) in [5.74, 6) is 0.487. The number of likely N-dealkylation sites (tertiary alicyclic amines) is 1. The molecule has 0 N–H and O–H groups in total. The van der Waals surface area contributed by atoms with Crippen LogP contribution in [-0.2, 0) is 26.6 Å². The summed E-state index contributed by atoms with van der Waals surface area (Å²) in [5, 5.41) is 11.4. The van der Waals surface area contributed by atoms with Crippen LogP contribution in [0.25, 0.3) is 0 Å². The Morgan fingerprint density at radius 1 is 1.23 bits per heavy atom. The van der Waals surface area contributed by atoms with Crippen LogP contribution in [0.5, 0.6) is 0 Å². The zero-order valence-corrected chi connectivity index (χ0v) is 17.6. The maximum atomic E-state index is 12.8. The summed E-state index contributed by atoms with van der Waals surface area (Å²) in [6, 6.07) is 1.70. The third-order valence-electron chi connectivity index (χ3n) is 5.87. The Hall–Kier alpha value is -3.08. The predicted octanol–water partition coefficient (Wildman–Crippen LogP) is 0.0403. The molecule has 1 amide bonds. The number of amides is 1. The molecule has 2 aliphatic heterocycles. The molecule has 0 radical (unpaired) electrons. The molecule has 0 aromatic carbocycles. The number of fused-ring (bicyclic) bond motifs is 1. The van der Waals surface area contributed by atoms with Gasteiger partial charge in [0.2, 0.25) is 0 Å². The number of aryl methyl sites for hydroxylation is 2. The number of aromatic nitrogens is 6. The average Bonchev–Trinajstić information content (AvgIpc) is 3.48. The monoisotopic (exact) mass is 427 g/mol. The smallest absolute Gasteiger partial charge is 0.332 e. The molecule has 10 nitrogen and oxygen atoms in total. The maximum absolute atomic E-state index is 12.8. The first-order valence-electron chi connectivity index (χ1n) is 9.74. The first-order chi connectivity index (χ1) is 14.3. The van der Waals surface area contributed by atoms with Crippen molar-refractivity contribution in [1.29, 1.82) is 0 Å². The molecule has 5 heterocycles. The van der Waals surface area contributed by atoms with Gasteiger partial charge in [0, 0.05) is 50.1 Å². The largest absolute Gasteiger partial charge is 0.337 e. The SMILES string of the molecule is Cc1nc(Cn2nc3n(c(=O)c2=O)CC2(CCN(C(=O)c4ccn(C)n4)C2)C3)cs1. The summed E-state index contributed by atoms with van der Waals surface area (Å²) < 4.78 is 4.31. The van der Waals surface area contributed by atoms with E-state index in [9.17, 15) is 14.4 Å². The summed E-state index contributed by atoms with van der Waals surface area (Å²) >= 11 is 1.50. The average molecular weight is 427 g/mol. The Kier molecular flexibility index (Phi) is 4.24. The zero-order chi connectivity index (χ0) is 21.0. The van der Waals surface area contributed by atoms with Crippen molar-refractivity contribution in [1.82, 2.24) is 34.0 Å². The lowest BCUT2D eigenvalue weighted by Gasteiger charge is -2.22. The van der Waals surface area contributed by atoms with Gasteiger partial charge in [0.25, 0.3) is 5.91 Å². The lowest BCUT2D eigenvalue weighted by Crippen LogP contribution is -2.43. The summed E-state index contributed by atoms with van der Waals surface area (Å²) in [6.07, 6.45) is 3.06. The number of thiazole rings is 1.